The van der Waals surface area contributed by atoms with Gasteiger partial charge in [-0.15, -0.1) is 0 Å². The zero-order valence-corrected chi connectivity index (χ0v) is 10.2. The molecule has 0 atom stereocenters. The van der Waals surface area contributed by atoms with Gasteiger partial charge in [-0.25, -0.2) is 0 Å². The van der Waals surface area contributed by atoms with E-state index in [1.165, 1.54) is 25.7 Å². The fourth-order valence-electron chi connectivity index (χ4n) is 2.14. The zero-order valence-electron chi connectivity index (χ0n) is 10.2. The summed E-state index contributed by atoms with van der Waals surface area (Å²) in [6.07, 6.45) is 5.91. The minimum absolute atomic E-state index is 0.333. The maximum absolute atomic E-state index is 8.74. The van der Waals surface area contributed by atoms with Gasteiger partial charge in [-0.1, -0.05) is 0 Å². The van der Waals surface area contributed by atoms with Crippen LogP contribution in [-0.2, 0) is 4.74 Å². The molecular formula is C13H22N2O. The predicted octanol–water partition coefficient (Wildman–Crippen LogP) is 2.04. The van der Waals surface area contributed by atoms with Crippen LogP contribution < -0.4 is 0 Å². The molecule has 0 radical (unpaired) electrons. The van der Waals surface area contributed by atoms with Crippen molar-refractivity contribution < 1.29 is 4.74 Å². The highest BCUT2D eigenvalue weighted by Crippen LogP contribution is 2.48. The van der Waals surface area contributed by atoms with Crippen molar-refractivity contribution in [3.05, 3.63) is 0 Å². The summed E-state index contributed by atoms with van der Waals surface area (Å²) in [5.74, 6) is 0.860. The summed E-state index contributed by atoms with van der Waals surface area (Å²) < 4.78 is 5.62. The third-order valence-electron chi connectivity index (χ3n) is 3.68. The maximum Gasteiger partial charge on any atom is 0.0628 e. The average Bonchev–Trinajstić information content (AvgIpc) is 3.11. The molecule has 0 aromatic rings. The summed E-state index contributed by atoms with van der Waals surface area (Å²) in [4.78, 5) is 2.32. The molecule has 3 heteroatoms. The first kappa shape index (κ1) is 11.9. The van der Waals surface area contributed by atoms with E-state index in [9.17, 15) is 0 Å². The van der Waals surface area contributed by atoms with Gasteiger partial charge < -0.3 is 9.64 Å². The number of hydrogen-bond acceptors (Lipinski definition) is 3. The largest absolute Gasteiger partial charge is 0.380 e. The molecule has 2 fully saturated rings. The van der Waals surface area contributed by atoms with E-state index in [0.717, 1.165) is 38.6 Å². The third kappa shape index (κ3) is 3.77. The Hall–Kier alpha value is -0.590. The normalized spacial score (nSPS) is 22.1. The van der Waals surface area contributed by atoms with Crippen LogP contribution in [0, 0.1) is 22.7 Å². The molecule has 0 aliphatic heterocycles. The van der Waals surface area contributed by atoms with Gasteiger partial charge in [0.25, 0.3) is 0 Å². The Morgan fingerprint density at radius 1 is 1.44 bits per heavy atom. The average molecular weight is 222 g/mol. The highest BCUT2D eigenvalue weighted by Gasteiger charge is 2.42. The van der Waals surface area contributed by atoms with Crippen molar-refractivity contribution in [2.45, 2.75) is 32.1 Å². The first-order valence-corrected chi connectivity index (χ1v) is 6.37. The van der Waals surface area contributed by atoms with Crippen LogP contribution in [-0.4, -0.2) is 38.3 Å². The number of rotatable bonds is 8. The van der Waals surface area contributed by atoms with Gasteiger partial charge in [0, 0.05) is 26.1 Å². The van der Waals surface area contributed by atoms with Gasteiger partial charge in [-0.3, -0.25) is 0 Å². The minimum atomic E-state index is 0.333. The predicted molar refractivity (Wildman–Crippen MR) is 62.9 cm³/mol. The van der Waals surface area contributed by atoms with E-state index < -0.39 is 0 Å². The Morgan fingerprint density at radius 2 is 2.19 bits per heavy atom. The van der Waals surface area contributed by atoms with Crippen molar-refractivity contribution in [3.8, 4) is 6.07 Å². The van der Waals surface area contributed by atoms with E-state index in [4.69, 9.17) is 10.00 Å². The quantitative estimate of drug-likeness (QED) is 0.590. The van der Waals surface area contributed by atoms with Gasteiger partial charge in [-0.2, -0.15) is 5.26 Å². The van der Waals surface area contributed by atoms with E-state index in [2.05, 4.69) is 18.0 Å². The van der Waals surface area contributed by atoms with Crippen LogP contribution in [0.25, 0.3) is 0 Å². The van der Waals surface area contributed by atoms with Crippen LogP contribution in [0.4, 0.5) is 0 Å². The zero-order chi connectivity index (χ0) is 11.4. The van der Waals surface area contributed by atoms with Gasteiger partial charge >= 0.3 is 0 Å². The van der Waals surface area contributed by atoms with Crippen molar-refractivity contribution in [3.63, 3.8) is 0 Å². The molecule has 2 aliphatic rings. The maximum atomic E-state index is 8.74. The molecule has 90 valence electrons. The lowest BCUT2D eigenvalue weighted by Gasteiger charge is -2.21. The van der Waals surface area contributed by atoms with Gasteiger partial charge in [0.15, 0.2) is 0 Å². The summed E-state index contributed by atoms with van der Waals surface area (Å²) in [5, 5.41) is 8.74. The van der Waals surface area contributed by atoms with Crippen LogP contribution in [0.5, 0.6) is 0 Å². The lowest BCUT2D eigenvalue weighted by Crippen LogP contribution is -2.30. The molecule has 2 rings (SSSR count). The topological polar surface area (TPSA) is 36.3 Å². The van der Waals surface area contributed by atoms with E-state index >= 15 is 0 Å². The van der Waals surface area contributed by atoms with Crippen LogP contribution >= 0.6 is 0 Å². The fourth-order valence-corrected chi connectivity index (χ4v) is 2.14. The van der Waals surface area contributed by atoms with Crippen LogP contribution in [0.1, 0.15) is 32.1 Å². The van der Waals surface area contributed by atoms with Crippen molar-refractivity contribution in [1.29, 1.82) is 5.26 Å². The molecule has 0 spiro atoms. The van der Waals surface area contributed by atoms with E-state index in [1.54, 1.807) is 0 Å². The van der Waals surface area contributed by atoms with E-state index in [1.807, 2.05) is 0 Å². The summed E-state index contributed by atoms with van der Waals surface area (Å²) in [6.45, 7) is 3.86. The molecule has 0 aromatic heterocycles. The molecule has 0 unspecified atom stereocenters. The standard InChI is InChI=1S/C13H22N2O/c1-15(8-9-16-10-12-2-3-12)11-13(4-5-13)6-7-14/h12H,2-6,8-11H2,1H3. The summed E-state index contributed by atoms with van der Waals surface area (Å²) in [5.41, 5.74) is 0.333. The summed E-state index contributed by atoms with van der Waals surface area (Å²) >= 11 is 0. The second-order valence-electron chi connectivity index (χ2n) is 5.59. The molecular weight excluding hydrogens is 200 g/mol. The molecule has 2 aliphatic carbocycles. The minimum Gasteiger partial charge on any atom is -0.380 e. The third-order valence-corrected chi connectivity index (χ3v) is 3.68. The highest BCUT2D eigenvalue weighted by atomic mass is 16.5. The van der Waals surface area contributed by atoms with Crippen molar-refractivity contribution >= 4 is 0 Å². The molecule has 3 nitrogen and oxygen atoms in total. The molecule has 16 heavy (non-hydrogen) atoms. The molecule has 0 aromatic carbocycles. The monoisotopic (exact) mass is 222 g/mol. The Bertz CT molecular complexity index is 264. The van der Waals surface area contributed by atoms with Gasteiger partial charge in [0.1, 0.15) is 0 Å². The van der Waals surface area contributed by atoms with E-state index in [-0.39, 0.29) is 0 Å². The Morgan fingerprint density at radius 3 is 2.75 bits per heavy atom. The van der Waals surface area contributed by atoms with Gasteiger partial charge in [-0.05, 0) is 44.1 Å². The Kier molecular flexibility index (Phi) is 3.83. The molecule has 0 N–H and O–H groups in total. The molecule has 2 saturated carbocycles. The smallest absolute Gasteiger partial charge is 0.0628 e. The van der Waals surface area contributed by atoms with Crippen LogP contribution in [0.3, 0.4) is 0 Å². The SMILES string of the molecule is CN(CCOCC1CC1)CC1(CC#N)CC1. The van der Waals surface area contributed by atoms with E-state index in [0.29, 0.717) is 5.41 Å². The number of likely N-dealkylation sites (N-methyl/N-ethyl adjacent to an activating group) is 1. The van der Waals surface area contributed by atoms with Crippen molar-refractivity contribution in [2.24, 2.45) is 11.3 Å². The second-order valence-corrected chi connectivity index (χ2v) is 5.59. The van der Waals surface area contributed by atoms with Crippen molar-refractivity contribution in [2.75, 3.05) is 33.4 Å². The second kappa shape index (κ2) is 5.16. The summed E-state index contributed by atoms with van der Waals surface area (Å²) in [7, 11) is 2.14. The highest BCUT2D eigenvalue weighted by molar-refractivity contribution is 5.00. The van der Waals surface area contributed by atoms with Gasteiger partial charge in [0.05, 0.1) is 12.7 Å². The lowest BCUT2D eigenvalue weighted by molar-refractivity contribution is 0.0979. The molecule has 0 amide bonds. The number of nitrogens with zero attached hydrogens (tertiary/aromatic N) is 2. The summed E-state index contributed by atoms with van der Waals surface area (Å²) in [6, 6.07) is 2.31. The lowest BCUT2D eigenvalue weighted by atomic mass is 10.0. The van der Waals surface area contributed by atoms with Crippen molar-refractivity contribution in [1.82, 2.24) is 4.90 Å². The first-order valence-electron chi connectivity index (χ1n) is 6.37. The molecule has 0 saturated heterocycles. The number of hydrogen-bond donors (Lipinski definition) is 0. The molecule has 0 bridgehead atoms. The molecule has 0 heterocycles. The van der Waals surface area contributed by atoms with Crippen LogP contribution in [0.15, 0.2) is 0 Å². The Balaban J connectivity index is 1.53. The number of ether oxygens (including phenoxy) is 1. The first-order chi connectivity index (χ1) is 7.74. The number of nitriles is 1. The van der Waals surface area contributed by atoms with Gasteiger partial charge in [0.2, 0.25) is 0 Å². The fraction of sp³-hybridized carbons (Fsp3) is 0.923. The Labute approximate surface area is 98.4 Å². The van der Waals surface area contributed by atoms with Crippen LogP contribution in [0.2, 0.25) is 0 Å².